The van der Waals surface area contributed by atoms with Crippen LogP contribution in [0.4, 0.5) is 0 Å². The van der Waals surface area contributed by atoms with Crippen LogP contribution < -0.4 is 5.73 Å². The Morgan fingerprint density at radius 2 is 2.15 bits per heavy atom. The van der Waals surface area contributed by atoms with E-state index in [1.807, 2.05) is 0 Å². The number of aromatic nitrogens is 2. The van der Waals surface area contributed by atoms with Gasteiger partial charge in [0, 0.05) is 32.0 Å². The number of nitrogens with two attached hydrogens (primary N) is 1. The Kier molecular flexibility index (Phi) is 4.27. The van der Waals surface area contributed by atoms with Crippen molar-refractivity contribution in [2.45, 2.75) is 12.5 Å². The Balaban J connectivity index is 2.49. The standard InChI is InChI=1S/C8H12BrN3O/c1-13-5-7(10)2-8-11-3-6(9)4-12-8/h3-4,7H,2,5,10H2,1H3. The lowest BCUT2D eigenvalue weighted by molar-refractivity contribution is 0.179. The van der Waals surface area contributed by atoms with Crippen molar-refractivity contribution in [3.8, 4) is 0 Å². The van der Waals surface area contributed by atoms with Crippen molar-refractivity contribution in [3.05, 3.63) is 22.7 Å². The second kappa shape index (κ2) is 5.26. The summed E-state index contributed by atoms with van der Waals surface area (Å²) in [5, 5.41) is 0. The number of rotatable bonds is 4. The maximum absolute atomic E-state index is 5.74. The lowest BCUT2D eigenvalue weighted by Crippen LogP contribution is -2.28. The first-order chi connectivity index (χ1) is 6.22. The summed E-state index contributed by atoms with van der Waals surface area (Å²) in [6.07, 6.45) is 4.06. The largest absolute Gasteiger partial charge is 0.383 e. The van der Waals surface area contributed by atoms with Gasteiger partial charge in [-0.05, 0) is 15.9 Å². The molecule has 13 heavy (non-hydrogen) atoms. The van der Waals surface area contributed by atoms with Gasteiger partial charge >= 0.3 is 0 Å². The number of hydrogen-bond donors (Lipinski definition) is 1. The topological polar surface area (TPSA) is 61.0 Å². The Bertz CT molecular complexity index is 252. The molecule has 1 aromatic rings. The minimum absolute atomic E-state index is 0.0359. The van der Waals surface area contributed by atoms with Crippen LogP contribution in [0.2, 0.25) is 0 Å². The van der Waals surface area contributed by atoms with E-state index in [-0.39, 0.29) is 6.04 Å². The first-order valence-electron chi connectivity index (χ1n) is 3.93. The van der Waals surface area contributed by atoms with Gasteiger partial charge in [0.05, 0.1) is 11.1 Å². The average molecular weight is 246 g/mol. The molecule has 0 bridgehead atoms. The van der Waals surface area contributed by atoms with Crippen molar-refractivity contribution >= 4 is 15.9 Å². The molecule has 1 heterocycles. The van der Waals surface area contributed by atoms with Gasteiger partial charge in [-0.15, -0.1) is 0 Å². The Labute approximate surface area is 85.7 Å². The van der Waals surface area contributed by atoms with Gasteiger partial charge in [-0.2, -0.15) is 0 Å². The smallest absolute Gasteiger partial charge is 0.129 e. The van der Waals surface area contributed by atoms with E-state index in [2.05, 4.69) is 25.9 Å². The quantitative estimate of drug-likeness (QED) is 0.851. The van der Waals surface area contributed by atoms with Gasteiger partial charge in [-0.25, -0.2) is 9.97 Å². The van der Waals surface area contributed by atoms with Gasteiger partial charge in [0.25, 0.3) is 0 Å². The molecule has 0 aliphatic heterocycles. The summed E-state index contributed by atoms with van der Waals surface area (Å²) < 4.78 is 5.78. The SMILES string of the molecule is COCC(N)Cc1ncc(Br)cn1. The molecule has 0 aromatic carbocycles. The van der Waals surface area contributed by atoms with Crippen LogP contribution in [-0.4, -0.2) is 29.7 Å². The van der Waals surface area contributed by atoms with Crippen molar-refractivity contribution in [2.24, 2.45) is 5.73 Å². The molecule has 1 rings (SSSR count). The second-order valence-electron chi connectivity index (χ2n) is 2.74. The third kappa shape index (κ3) is 3.80. The zero-order valence-corrected chi connectivity index (χ0v) is 8.99. The van der Waals surface area contributed by atoms with Crippen molar-refractivity contribution in [1.82, 2.24) is 9.97 Å². The number of nitrogens with zero attached hydrogens (tertiary/aromatic N) is 2. The summed E-state index contributed by atoms with van der Waals surface area (Å²) in [6, 6.07) is -0.0359. The van der Waals surface area contributed by atoms with Crippen LogP contribution >= 0.6 is 15.9 Å². The number of ether oxygens (including phenoxy) is 1. The minimum atomic E-state index is -0.0359. The van der Waals surface area contributed by atoms with E-state index < -0.39 is 0 Å². The molecule has 1 aromatic heterocycles. The molecule has 0 saturated heterocycles. The highest BCUT2D eigenvalue weighted by atomic mass is 79.9. The molecule has 72 valence electrons. The van der Waals surface area contributed by atoms with Gasteiger partial charge in [-0.1, -0.05) is 0 Å². The molecule has 4 nitrogen and oxygen atoms in total. The molecule has 0 aliphatic rings. The maximum Gasteiger partial charge on any atom is 0.129 e. The molecule has 1 atom stereocenters. The van der Waals surface area contributed by atoms with E-state index in [0.717, 1.165) is 10.3 Å². The van der Waals surface area contributed by atoms with Crippen LogP contribution in [0.5, 0.6) is 0 Å². The highest BCUT2D eigenvalue weighted by molar-refractivity contribution is 9.10. The summed E-state index contributed by atoms with van der Waals surface area (Å²) in [5.74, 6) is 0.743. The molecule has 5 heteroatoms. The third-order valence-corrected chi connectivity index (χ3v) is 1.91. The number of halogens is 1. The number of hydrogen-bond acceptors (Lipinski definition) is 4. The fourth-order valence-corrected chi connectivity index (χ4v) is 1.16. The summed E-state index contributed by atoms with van der Waals surface area (Å²) in [7, 11) is 1.63. The van der Waals surface area contributed by atoms with Crippen LogP contribution in [0, 0.1) is 0 Å². The summed E-state index contributed by atoms with van der Waals surface area (Å²) >= 11 is 3.26. The predicted molar refractivity (Wildman–Crippen MR) is 53.3 cm³/mol. The van der Waals surface area contributed by atoms with E-state index in [1.54, 1.807) is 19.5 Å². The van der Waals surface area contributed by atoms with Crippen molar-refractivity contribution in [3.63, 3.8) is 0 Å². The van der Waals surface area contributed by atoms with E-state index in [9.17, 15) is 0 Å². The molecular weight excluding hydrogens is 234 g/mol. The highest BCUT2D eigenvalue weighted by Gasteiger charge is 2.05. The fraction of sp³-hybridized carbons (Fsp3) is 0.500. The van der Waals surface area contributed by atoms with E-state index in [4.69, 9.17) is 10.5 Å². The lowest BCUT2D eigenvalue weighted by atomic mass is 10.2. The molecule has 0 saturated carbocycles. The van der Waals surface area contributed by atoms with E-state index >= 15 is 0 Å². The molecule has 1 unspecified atom stereocenters. The zero-order valence-electron chi connectivity index (χ0n) is 7.40. The fourth-order valence-electron chi connectivity index (χ4n) is 0.952. The monoisotopic (exact) mass is 245 g/mol. The van der Waals surface area contributed by atoms with Gasteiger partial charge in [-0.3, -0.25) is 0 Å². The predicted octanol–water partition coefficient (Wildman–Crippen LogP) is 0.755. The molecule has 0 amide bonds. The lowest BCUT2D eigenvalue weighted by Gasteiger charge is -2.08. The molecule has 0 fully saturated rings. The van der Waals surface area contributed by atoms with E-state index in [1.165, 1.54) is 0 Å². The van der Waals surface area contributed by atoms with Gasteiger partial charge in [0.2, 0.25) is 0 Å². The Morgan fingerprint density at radius 3 is 2.69 bits per heavy atom. The van der Waals surface area contributed by atoms with Crippen molar-refractivity contribution in [1.29, 1.82) is 0 Å². The first-order valence-corrected chi connectivity index (χ1v) is 4.72. The molecular formula is C8H12BrN3O. The normalized spacial score (nSPS) is 12.8. The molecule has 0 aliphatic carbocycles. The van der Waals surface area contributed by atoms with Crippen LogP contribution in [0.1, 0.15) is 5.82 Å². The first kappa shape index (κ1) is 10.6. The molecule has 2 N–H and O–H groups in total. The third-order valence-electron chi connectivity index (χ3n) is 1.50. The van der Waals surface area contributed by atoms with E-state index in [0.29, 0.717) is 13.0 Å². The van der Waals surface area contributed by atoms with Crippen molar-refractivity contribution < 1.29 is 4.74 Å². The van der Waals surface area contributed by atoms with Gasteiger partial charge in [0.15, 0.2) is 0 Å². The van der Waals surface area contributed by atoms with Crippen molar-refractivity contribution in [2.75, 3.05) is 13.7 Å². The molecule has 0 spiro atoms. The summed E-state index contributed by atoms with van der Waals surface area (Å²) in [6.45, 7) is 0.527. The average Bonchev–Trinajstić information content (AvgIpc) is 2.09. The Morgan fingerprint density at radius 1 is 1.54 bits per heavy atom. The summed E-state index contributed by atoms with van der Waals surface area (Å²) in [5.41, 5.74) is 5.74. The van der Waals surface area contributed by atoms with Crippen LogP contribution in [-0.2, 0) is 11.2 Å². The number of methoxy groups -OCH3 is 1. The molecule has 0 radical (unpaired) electrons. The van der Waals surface area contributed by atoms with Crippen LogP contribution in [0.15, 0.2) is 16.9 Å². The van der Waals surface area contributed by atoms with Gasteiger partial charge in [0.1, 0.15) is 5.82 Å². The Hall–Kier alpha value is -0.520. The minimum Gasteiger partial charge on any atom is -0.383 e. The zero-order chi connectivity index (χ0) is 9.68. The maximum atomic E-state index is 5.74. The van der Waals surface area contributed by atoms with Gasteiger partial charge < -0.3 is 10.5 Å². The van der Waals surface area contributed by atoms with Crippen LogP contribution in [0.25, 0.3) is 0 Å². The second-order valence-corrected chi connectivity index (χ2v) is 3.65. The van der Waals surface area contributed by atoms with Crippen LogP contribution in [0.3, 0.4) is 0 Å². The summed E-state index contributed by atoms with van der Waals surface area (Å²) in [4.78, 5) is 8.21. The highest BCUT2D eigenvalue weighted by Crippen LogP contribution is 2.05.